The van der Waals surface area contributed by atoms with E-state index in [4.69, 9.17) is 0 Å². The lowest BCUT2D eigenvalue weighted by molar-refractivity contribution is -0.113. The first-order valence-corrected chi connectivity index (χ1v) is 5.88. The van der Waals surface area contributed by atoms with Crippen LogP contribution in [0.25, 0.3) is 0 Å². The van der Waals surface area contributed by atoms with Gasteiger partial charge >= 0.3 is 0 Å². The molecule has 0 spiro atoms. The summed E-state index contributed by atoms with van der Waals surface area (Å²) in [5.41, 5.74) is 1.04. The van der Waals surface area contributed by atoms with Crippen LogP contribution in [0.15, 0.2) is 30.3 Å². The molecule has 0 fully saturated rings. The fraction of sp³-hybridized carbons (Fsp3) is 0.400. The van der Waals surface area contributed by atoms with Crippen LogP contribution in [-0.4, -0.2) is 5.78 Å². The summed E-state index contributed by atoms with van der Waals surface area (Å²) >= 11 is 0. The smallest absolute Gasteiger partial charge is 0.209 e. The Hall–Kier alpha value is -1.55. The Morgan fingerprint density at radius 3 is 2.62 bits per heavy atom. The van der Waals surface area contributed by atoms with Gasteiger partial charge in [0.2, 0.25) is 5.78 Å². The van der Waals surface area contributed by atoms with Crippen LogP contribution < -0.4 is 0 Å². The number of carbonyl (C=O) groups is 1. The van der Waals surface area contributed by atoms with Gasteiger partial charge in [-0.05, 0) is 17.9 Å². The van der Waals surface area contributed by atoms with Gasteiger partial charge in [-0.1, -0.05) is 56.0 Å². The van der Waals surface area contributed by atoms with E-state index in [1.54, 1.807) is 0 Å². The van der Waals surface area contributed by atoms with Crippen LogP contribution in [0.5, 0.6) is 0 Å². The van der Waals surface area contributed by atoms with Crippen LogP contribution in [0, 0.1) is 11.8 Å². The van der Waals surface area contributed by atoms with Crippen molar-refractivity contribution in [2.45, 2.75) is 39.0 Å². The first-order valence-electron chi connectivity index (χ1n) is 5.88. The van der Waals surface area contributed by atoms with Gasteiger partial charge in [-0.2, -0.15) is 0 Å². The maximum Gasteiger partial charge on any atom is 0.209 e. The largest absolute Gasteiger partial charge is 0.285 e. The summed E-state index contributed by atoms with van der Waals surface area (Å²) in [5.74, 6) is 5.66. The molecule has 0 amide bonds. The predicted molar refractivity (Wildman–Crippen MR) is 67.1 cm³/mol. The number of hydrogen-bond donors (Lipinski definition) is 0. The second-order valence-corrected chi connectivity index (χ2v) is 3.84. The van der Waals surface area contributed by atoms with E-state index in [9.17, 15) is 4.79 Å². The van der Waals surface area contributed by atoms with E-state index >= 15 is 0 Å². The highest BCUT2D eigenvalue weighted by molar-refractivity contribution is 5.96. The standard InChI is InChI=1S/C15H18O/c1-2-3-4-5-9-12-15(16)13-14-10-7-6-8-11-14/h6-8,10-11H,2-5,13H2,1H3. The molecule has 0 N–H and O–H groups in total. The van der Waals surface area contributed by atoms with Gasteiger partial charge in [0.05, 0.1) is 0 Å². The fourth-order valence-electron chi connectivity index (χ4n) is 1.45. The minimum Gasteiger partial charge on any atom is -0.285 e. The Morgan fingerprint density at radius 1 is 1.19 bits per heavy atom. The quantitative estimate of drug-likeness (QED) is 0.417. The number of carbonyl (C=O) groups excluding carboxylic acids is 1. The molecular weight excluding hydrogens is 196 g/mol. The SMILES string of the molecule is CCCCCC#CC(=O)Cc1ccccc1. The zero-order valence-corrected chi connectivity index (χ0v) is 9.83. The molecule has 1 rings (SSSR count). The molecule has 1 heteroatoms. The highest BCUT2D eigenvalue weighted by Gasteiger charge is 1.97. The van der Waals surface area contributed by atoms with Gasteiger partial charge < -0.3 is 0 Å². The summed E-state index contributed by atoms with van der Waals surface area (Å²) in [7, 11) is 0. The lowest BCUT2D eigenvalue weighted by atomic mass is 10.1. The Morgan fingerprint density at radius 2 is 1.94 bits per heavy atom. The summed E-state index contributed by atoms with van der Waals surface area (Å²) < 4.78 is 0. The van der Waals surface area contributed by atoms with E-state index in [2.05, 4.69) is 18.8 Å². The van der Waals surface area contributed by atoms with Crippen LogP contribution in [0.2, 0.25) is 0 Å². The monoisotopic (exact) mass is 214 g/mol. The van der Waals surface area contributed by atoms with Gasteiger partial charge in [0, 0.05) is 12.8 Å². The third-order valence-electron chi connectivity index (χ3n) is 2.34. The molecule has 16 heavy (non-hydrogen) atoms. The van der Waals surface area contributed by atoms with E-state index in [0.717, 1.165) is 18.4 Å². The van der Waals surface area contributed by atoms with Gasteiger partial charge in [-0.25, -0.2) is 0 Å². The van der Waals surface area contributed by atoms with Crippen molar-refractivity contribution in [3.05, 3.63) is 35.9 Å². The minimum atomic E-state index is 0.0164. The number of benzene rings is 1. The van der Waals surface area contributed by atoms with Crippen LogP contribution in [-0.2, 0) is 11.2 Å². The summed E-state index contributed by atoms with van der Waals surface area (Å²) in [6, 6.07) is 9.74. The third-order valence-corrected chi connectivity index (χ3v) is 2.34. The number of Topliss-reactive ketones (excluding diaryl/α,β-unsaturated/α-hetero) is 1. The highest BCUT2D eigenvalue weighted by atomic mass is 16.1. The fourth-order valence-corrected chi connectivity index (χ4v) is 1.45. The summed E-state index contributed by atoms with van der Waals surface area (Å²) in [6.07, 6.45) is 4.76. The lowest BCUT2D eigenvalue weighted by Crippen LogP contribution is -1.98. The Kier molecular flexibility index (Phi) is 6.03. The second-order valence-electron chi connectivity index (χ2n) is 3.84. The van der Waals surface area contributed by atoms with Crippen molar-refractivity contribution >= 4 is 5.78 Å². The molecule has 0 aliphatic heterocycles. The van der Waals surface area contributed by atoms with Crippen molar-refractivity contribution in [3.8, 4) is 11.8 Å². The average molecular weight is 214 g/mol. The molecule has 84 valence electrons. The molecule has 0 aliphatic rings. The zero-order valence-electron chi connectivity index (χ0n) is 9.83. The Labute approximate surface area is 97.9 Å². The molecule has 0 saturated carbocycles. The Bertz CT molecular complexity index is 367. The van der Waals surface area contributed by atoms with Crippen molar-refractivity contribution in [3.63, 3.8) is 0 Å². The van der Waals surface area contributed by atoms with Gasteiger partial charge in [-0.3, -0.25) is 4.79 Å². The average Bonchev–Trinajstić information content (AvgIpc) is 2.30. The molecule has 1 aromatic carbocycles. The molecule has 0 atom stereocenters. The van der Waals surface area contributed by atoms with Gasteiger partial charge in [-0.15, -0.1) is 0 Å². The molecule has 0 heterocycles. The maximum atomic E-state index is 11.5. The van der Waals surface area contributed by atoms with Crippen molar-refractivity contribution in [1.82, 2.24) is 0 Å². The summed E-state index contributed by atoms with van der Waals surface area (Å²) in [5, 5.41) is 0. The van der Waals surface area contributed by atoms with E-state index in [-0.39, 0.29) is 5.78 Å². The summed E-state index contributed by atoms with van der Waals surface area (Å²) in [4.78, 5) is 11.5. The first kappa shape index (κ1) is 12.5. The lowest BCUT2D eigenvalue weighted by Gasteiger charge is -1.94. The number of hydrogen-bond acceptors (Lipinski definition) is 1. The van der Waals surface area contributed by atoms with E-state index in [1.807, 2.05) is 30.3 Å². The molecule has 1 nitrogen and oxygen atoms in total. The van der Waals surface area contributed by atoms with Gasteiger partial charge in [0.25, 0.3) is 0 Å². The first-order chi connectivity index (χ1) is 7.83. The number of ketones is 1. The van der Waals surface area contributed by atoms with Gasteiger partial charge in [0.15, 0.2) is 0 Å². The number of unbranched alkanes of at least 4 members (excludes halogenated alkanes) is 3. The van der Waals surface area contributed by atoms with Crippen molar-refractivity contribution in [2.75, 3.05) is 0 Å². The van der Waals surface area contributed by atoms with E-state index < -0.39 is 0 Å². The van der Waals surface area contributed by atoms with E-state index in [1.165, 1.54) is 12.8 Å². The predicted octanol–water partition coefficient (Wildman–Crippen LogP) is 3.38. The van der Waals surface area contributed by atoms with Crippen LogP contribution >= 0.6 is 0 Å². The van der Waals surface area contributed by atoms with Crippen LogP contribution in [0.1, 0.15) is 38.2 Å². The maximum absolute atomic E-state index is 11.5. The summed E-state index contributed by atoms with van der Waals surface area (Å²) in [6.45, 7) is 2.16. The zero-order chi connectivity index (χ0) is 11.6. The minimum absolute atomic E-state index is 0.0164. The Balaban J connectivity index is 2.30. The normalized spacial score (nSPS) is 9.31. The second kappa shape index (κ2) is 7.70. The molecular formula is C15H18O. The van der Waals surface area contributed by atoms with E-state index in [0.29, 0.717) is 6.42 Å². The molecule has 0 saturated heterocycles. The van der Waals surface area contributed by atoms with Crippen molar-refractivity contribution in [2.24, 2.45) is 0 Å². The molecule has 0 radical (unpaired) electrons. The molecule has 0 bridgehead atoms. The topological polar surface area (TPSA) is 17.1 Å². The molecule has 0 unspecified atom stereocenters. The molecule has 1 aromatic rings. The number of rotatable bonds is 5. The highest BCUT2D eigenvalue weighted by Crippen LogP contribution is 2.00. The third kappa shape index (κ3) is 5.36. The van der Waals surface area contributed by atoms with Crippen LogP contribution in [0.4, 0.5) is 0 Å². The molecule has 0 aliphatic carbocycles. The van der Waals surface area contributed by atoms with Crippen molar-refractivity contribution in [1.29, 1.82) is 0 Å². The molecule has 0 aromatic heterocycles. The van der Waals surface area contributed by atoms with Crippen molar-refractivity contribution < 1.29 is 4.79 Å². The van der Waals surface area contributed by atoms with Crippen LogP contribution in [0.3, 0.4) is 0 Å². The van der Waals surface area contributed by atoms with Gasteiger partial charge in [0.1, 0.15) is 0 Å².